The van der Waals surface area contributed by atoms with Gasteiger partial charge in [-0.05, 0) is 32.4 Å². The van der Waals surface area contributed by atoms with E-state index >= 15 is 0 Å². The van der Waals surface area contributed by atoms with E-state index in [-0.39, 0.29) is 0 Å². The standard InChI is InChI=1S/C15H29N3O/c1-2-17(14-8-9-16-12-14)13-15(19)18-10-6-4-3-5-7-11-18/h14,16H,2-13H2,1H3. The molecule has 1 amide bonds. The molecule has 0 aliphatic carbocycles. The van der Waals surface area contributed by atoms with Crippen LogP contribution < -0.4 is 5.32 Å². The van der Waals surface area contributed by atoms with Crippen LogP contribution in [0.2, 0.25) is 0 Å². The molecule has 1 N–H and O–H groups in total. The molecule has 4 heteroatoms. The number of carbonyl (C=O) groups excluding carboxylic acids is 1. The minimum atomic E-state index is 0.343. The largest absolute Gasteiger partial charge is 0.342 e. The van der Waals surface area contributed by atoms with E-state index in [9.17, 15) is 4.79 Å². The number of likely N-dealkylation sites (N-methyl/N-ethyl adjacent to an activating group) is 1. The van der Waals surface area contributed by atoms with E-state index in [1.54, 1.807) is 0 Å². The van der Waals surface area contributed by atoms with Crippen LogP contribution in [-0.2, 0) is 4.79 Å². The van der Waals surface area contributed by atoms with Gasteiger partial charge in [0.15, 0.2) is 0 Å². The van der Waals surface area contributed by atoms with Crippen molar-refractivity contribution in [2.24, 2.45) is 0 Å². The van der Waals surface area contributed by atoms with Gasteiger partial charge in [0, 0.05) is 25.7 Å². The first-order chi connectivity index (χ1) is 9.31. The Balaban J connectivity index is 1.82. The second-order valence-corrected chi connectivity index (χ2v) is 5.86. The highest BCUT2D eigenvalue weighted by atomic mass is 16.2. The monoisotopic (exact) mass is 267 g/mol. The average molecular weight is 267 g/mol. The lowest BCUT2D eigenvalue weighted by Crippen LogP contribution is -2.46. The highest BCUT2D eigenvalue weighted by Crippen LogP contribution is 2.12. The Kier molecular flexibility index (Phi) is 6.11. The summed E-state index contributed by atoms with van der Waals surface area (Å²) in [6.07, 6.45) is 7.46. The van der Waals surface area contributed by atoms with E-state index in [4.69, 9.17) is 0 Å². The molecule has 0 aromatic carbocycles. The lowest BCUT2D eigenvalue weighted by molar-refractivity contribution is -0.133. The van der Waals surface area contributed by atoms with Crippen molar-refractivity contribution in [1.29, 1.82) is 0 Å². The Morgan fingerprint density at radius 1 is 1.21 bits per heavy atom. The van der Waals surface area contributed by atoms with Crippen molar-refractivity contribution >= 4 is 5.91 Å². The normalized spacial score (nSPS) is 25.4. The molecule has 110 valence electrons. The summed E-state index contributed by atoms with van der Waals surface area (Å²) in [6.45, 7) is 7.84. The van der Waals surface area contributed by atoms with E-state index in [0.29, 0.717) is 18.5 Å². The number of nitrogens with zero attached hydrogens (tertiary/aromatic N) is 2. The Hall–Kier alpha value is -0.610. The van der Waals surface area contributed by atoms with Crippen molar-refractivity contribution in [3.05, 3.63) is 0 Å². The van der Waals surface area contributed by atoms with Crippen LogP contribution >= 0.6 is 0 Å². The maximum absolute atomic E-state index is 12.5. The second-order valence-electron chi connectivity index (χ2n) is 5.86. The van der Waals surface area contributed by atoms with Crippen molar-refractivity contribution in [2.75, 3.05) is 39.3 Å². The molecule has 2 heterocycles. The van der Waals surface area contributed by atoms with Crippen molar-refractivity contribution in [3.63, 3.8) is 0 Å². The molecule has 0 bridgehead atoms. The summed E-state index contributed by atoms with van der Waals surface area (Å²) in [5.41, 5.74) is 0. The van der Waals surface area contributed by atoms with Crippen LogP contribution in [0.5, 0.6) is 0 Å². The molecule has 2 fully saturated rings. The maximum Gasteiger partial charge on any atom is 0.236 e. The molecule has 0 radical (unpaired) electrons. The Morgan fingerprint density at radius 2 is 1.89 bits per heavy atom. The number of nitrogens with one attached hydrogen (secondary N) is 1. The molecule has 0 spiro atoms. The van der Waals surface area contributed by atoms with Crippen LogP contribution in [0.4, 0.5) is 0 Å². The second kappa shape index (κ2) is 7.85. The van der Waals surface area contributed by atoms with Crippen molar-refractivity contribution < 1.29 is 4.79 Å². The maximum atomic E-state index is 12.5. The molecule has 19 heavy (non-hydrogen) atoms. The van der Waals surface area contributed by atoms with E-state index in [2.05, 4.69) is 22.0 Å². The molecule has 2 saturated heterocycles. The van der Waals surface area contributed by atoms with E-state index in [1.165, 1.54) is 38.5 Å². The van der Waals surface area contributed by atoms with Gasteiger partial charge in [-0.25, -0.2) is 0 Å². The van der Waals surface area contributed by atoms with Crippen LogP contribution in [-0.4, -0.2) is 61.0 Å². The number of likely N-dealkylation sites (tertiary alicyclic amines) is 1. The van der Waals surface area contributed by atoms with Gasteiger partial charge in [0.05, 0.1) is 6.54 Å². The Morgan fingerprint density at radius 3 is 2.47 bits per heavy atom. The zero-order chi connectivity index (χ0) is 13.5. The fraction of sp³-hybridized carbons (Fsp3) is 0.933. The van der Waals surface area contributed by atoms with Crippen LogP contribution in [0.3, 0.4) is 0 Å². The molecule has 2 aliphatic heterocycles. The number of carbonyl (C=O) groups is 1. The topological polar surface area (TPSA) is 35.6 Å². The van der Waals surface area contributed by atoms with Gasteiger partial charge in [-0.1, -0.05) is 26.2 Å². The minimum absolute atomic E-state index is 0.343. The lowest BCUT2D eigenvalue weighted by Gasteiger charge is -2.31. The van der Waals surface area contributed by atoms with Gasteiger partial charge >= 0.3 is 0 Å². The number of rotatable bonds is 4. The summed E-state index contributed by atoms with van der Waals surface area (Å²) in [4.78, 5) is 16.9. The highest BCUT2D eigenvalue weighted by molar-refractivity contribution is 5.78. The van der Waals surface area contributed by atoms with E-state index < -0.39 is 0 Å². The van der Waals surface area contributed by atoms with Crippen LogP contribution in [0, 0.1) is 0 Å². The van der Waals surface area contributed by atoms with Gasteiger partial charge in [0.1, 0.15) is 0 Å². The zero-order valence-corrected chi connectivity index (χ0v) is 12.4. The van der Waals surface area contributed by atoms with Crippen molar-refractivity contribution in [2.45, 2.75) is 51.5 Å². The molecule has 0 aromatic heterocycles. The van der Waals surface area contributed by atoms with Crippen molar-refractivity contribution in [3.8, 4) is 0 Å². The van der Waals surface area contributed by atoms with E-state index in [1.807, 2.05) is 0 Å². The highest BCUT2D eigenvalue weighted by Gasteiger charge is 2.24. The molecule has 2 aliphatic rings. The first-order valence-corrected chi connectivity index (χ1v) is 8.04. The Labute approximate surface area is 117 Å². The third kappa shape index (κ3) is 4.46. The third-order valence-corrected chi connectivity index (χ3v) is 4.50. The van der Waals surface area contributed by atoms with Gasteiger partial charge in [-0.2, -0.15) is 0 Å². The summed E-state index contributed by atoms with van der Waals surface area (Å²) in [5.74, 6) is 0.343. The molecular formula is C15H29N3O. The molecule has 0 aromatic rings. The quantitative estimate of drug-likeness (QED) is 0.838. The van der Waals surface area contributed by atoms with Gasteiger partial charge < -0.3 is 10.2 Å². The molecule has 2 rings (SSSR count). The molecule has 0 saturated carbocycles. The molecule has 4 nitrogen and oxygen atoms in total. The van der Waals surface area contributed by atoms with Crippen molar-refractivity contribution in [1.82, 2.24) is 15.1 Å². The lowest BCUT2D eigenvalue weighted by atomic mass is 10.1. The zero-order valence-electron chi connectivity index (χ0n) is 12.4. The van der Waals surface area contributed by atoms with Gasteiger partial charge in [0.25, 0.3) is 0 Å². The van der Waals surface area contributed by atoms with Gasteiger partial charge in [-0.3, -0.25) is 9.69 Å². The first-order valence-electron chi connectivity index (χ1n) is 8.04. The Bertz CT molecular complexity index is 269. The fourth-order valence-corrected chi connectivity index (χ4v) is 3.22. The van der Waals surface area contributed by atoms with Crippen LogP contribution in [0.15, 0.2) is 0 Å². The predicted octanol–water partition coefficient (Wildman–Crippen LogP) is 1.46. The molecule has 1 unspecified atom stereocenters. The van der Waals surface area contributed by atoms with Crippen LogP contribution in [0.1, 0.15) is 45.4 Å². The summed E-state index contributed by atoms with van der Waals surface area (Å²) in [6, 6.07) is 0.559. The fourth-order valence-electron chi connectivity index (χ4n) is 3.22. The SMILES string of the molecule is CCN(CC(=O)N1CCCCCCC1)C1CCNC1. The number of hydrogen-bond donors (Lipinski definition) is 1. The van der Waals surface area contributed by atoms with E-state index in [0.717, 1.165) is 32.7 Å². The van der Waals surface area contributed by atoms with Gasteiger partial charge in [0.2, 0.25) is 5.91 Å². The van der Waals surface area contributed by atoms with Gasteiger partial charge in [-0.15, -0.1) is 0 Å². The number of hydrogen-bond acceptors (Lipinski definition) is 3. The smallest absolute Gasteiger partial charge is 0.236 e. The third-order valence-electron chi connectivity index (χ3n) is 4.50. The average Bonchev–Trinajstić information content (AvgIpc) is 2.89. The molecular weight excluding hydrogens is 238 g/mol. The predicted molar refractivity (Wildman–Crippen MR) is 78.2 cm³/mol. The summed E-state index contributed by atoms with van der Waals surface area (Å²) in [7, 11) is 0. The summed E-state index contributed by atoms with van der Waals surface area (Å²) < 4.78 is 0. The first kappa shape index (κ1) is 14.8. The summed E-state index contributed by atoms with van der Waals surface area (Å²) >= 11 is 0. The summed E-state index contributed by atoms with van der Waals surface area (Å²) in [5, 5.41) is 3.39. The minimum Gasteiger partial charge on any atom is -0.342 e. The molecule has 1 atom stereocenters. The van der Waals surface area contributed by atoms with Crippen LogP contribution in [0.25, 0.3) is 0 Å². The number of amides is 1.